The van der Waals surface area contributed by atoms with Gasteiger partial charge in [-0.15, -0.1) is 0 Å². The van der Waals surface area contributed by atoms with Crippen LogP contribution in [-0.2, 0) is 4.79 Å². The van der Waals surface area contributed by atoms with Gasteiger partial charge < -0.3 is 10.2 Å². The van der Waals surface area contributed by atoms with Crippen molar-refractivity contribution in [3.8, 4) is 0 Å². The van der Waals surface area contributed by atoms with E-state index in [1.165, 1.54) is 17.7 Å². The number of pyridine rings is 1. The molecule has 2 aromatic carbocycles. The first-order chi connectivity index (χ1) is 14.1. The highest BCUT2D eigenvalue weighted by molar-refractivity contribution is 6.07. The quantitative estimate of drug-likeness (QED) is 0.745. The van der Waals surface area contributed by atoms with Crippen LogP contribution >= 0.6 is 0 Å². The van der Waals surface area contributed by atoms with Gasteiger partial charge in [0.2, 0.25) is 5.91 Å². The summed E-state index contributed by atoms with van der Waals surface area (Å²) in [5, 5.41) is 4.14. The van der Waals surface area contributed by atoms with Gasteiger partial charge in [0.1, 0.15) is 5.82 Å². The Bertz CT molecular complexity index is 1100. The molecular weight excluding hydrogens is 369 g/mol. The van der Waals surface area contributed by atoms with E-state index in [1.807, 2.05) is 23.1 Å². The molecule has 29 heavy (non-hydrogen) atoms. The second kappa shape index (κ2) is 6.95. The summed E-state index contributed by atoms with van der Waals surface area (Å²) in [6.07, 6.45) is 4.35. The maximum atomic E-state index is 14.0. The lowest BCUT2D eigenvalue weighted by Crippen LogP contribution is -2.38. The van der Waals surface area contributed by atoms with E-state index in [4.69, 9.17) is 0 Å². The number of carbonyl (C=O) groups excluding carboxylic acids is 2. The van der Waals surface area contributed by atoms with Crippen molar-refractivity contribution >= 4 is 22.6 Å². The third-order valence-corrected chi connectivity index (χ3v) is 5.84. The maximum absolute atomic E-state index is 14.0. The number of nitrogens with zero attached hydrogens (tertiary/aromatic N) is 2. The van der Waals surface area contributed by atoms with Gasteiger partial charge in [0, 0.05) is 42.7 Å². The van der Waals surface area contributed by atoms with E-state index < -0.39 is 5.82 Å². The summed E-state index contributed by atoms with van der Waals surface area (Å²) in [7, 11) is 0. The van der Waals surface area contributed by atoms with Gasteiger partial charge >= 0.3 is 0 Å². The molecule has 3 atom stereocenters. The number of likely N-dealkylation sites (tertiary alicyclic amines) is 1. The van der Waals surface area contributed by atoms with Crippen LogP contribution in [0, 0.1) is 5.82 Å². The van der Waals surface area contributed by atoms with E-state index >= 15 is 0 Å². The Morgan fingerprint density at radius 1 is 1.17 bits per heavy atom. The minimum atomic E-state index is -0.471. The second-order valence-electron chi connectivity index (χ2n) is 7.79. The minimum absolute atomic E-state index is 0.0597. The van der Waals surface area contributed by atoms with Crippen molar-refractivity contribution in [2.75, 3.05) is 6.54 Å². The Morgan fingerprint density at radius 3 is 2.83 bits per heavy atom. The maximum Gasteiger partial charge on any atom is 0.252 e. The van der Waals surface area contributed by atoms with Crippen LogP contribution in [0.3, 0.4) is 0 Å². The Hall–Kier alpha value is -3.28. The van der Waals surface area contributed by atoms with Crippen molar-refractivity contribution in [3.05, 3.63) is 77.9 Å². The number of fused-ring (bicyclic) bond motifs is 1. The highest BCUT2D eigenvalue weighted by Gasteiger charge is 2.48. The van der Waals surface area contributed by atoms with Crippen LogP contribution in [-0.4, -0.2) is 40.3 Å². The highest BCUT2D eigenvalue weighted by Crippen LogP contribution is 2.45. The van der Waals surface area contributed by atoms with E-state index in [9.17, 15) is 14.0 Å². The monoisotopic (exact) mass is 389 g/mol. The van der Waals surface area contributed by atoms with Gasteiger partial charge in [0.05, 0.1) is 11.6 Å². The average Bonchev–Trinajstić information content (AvgIpc) is 3.44. The zero-order chi connectivity index (χ0) is 20.0. The van der Waals surface area contributed by atoms with E-state index in [2.05, 4.69) is 22.4 Å². The Labute approximate surface area is 167 Å². The first-order valence-electron chi connectivity index (χ1n) is 9.78. The number of rotatable bonds is 4. The molecule has 146 valence electrons. The molecule has 5 rings (SSSR count). The van der Waals surface area contributed by atoms with Gasteiger partial charge in [-0.25, -0.2) is 4.39 Å². The number of hydrogen-bond acceptors (Lipinski definition) is 3. The predicted molar refractivity (Wildman–Crippen MR) is 107 cm³/mol. The topological polar surface area (TPSA) is 62.3 Å². The molecular formula is C23H20FN3O2. The summed E-state index contributed by atoms with van der Waals surface area (Å²) in [5.74, 6) is -0.420. The van der Waals surface area contributed by atoms with Crippen molar-refractivity contribution in [1.82, 2.24) is 15.2 Å². The van der Waals surface area contributed by atoms with Crippen molar-refractivity contribution in [3.63, 3.8) is 0 Å². The third-order valence-electron chi connectivity index (χ3n) is 5.84. The summed E-state index contributed by atoms with van der Waals surface area (Å²) >= 11 is 0. The number of nitrogens with one attached hydrogen (secondary N) is 1. The van der Waals surface area contributed by atoms with Crippen molar-refractivity contribution in [1.29, 1.82) is 0 Å². The largest absolute Gasteiger partial charge is 0.347 e. The van der Waals surface area contributed by atoms with Gasteiger partial charge in [0.25, 0.3) is 5.91 Å². The summed E-state index contributed by atoms with van der Waals surface area (Å²) in [4.78, 5) is 31.3. The smallest absolute Gasteiger partial charge is 0.252 e. The van der Waals surface area contributed by atoms with Crippen LogP contribution in [0.5, 0.6) is 0 Å². The summed E-state index contributed by atoms with van der Waals surface area (Å²) < 4.78 is 14.0. The molecule has 0 bridgehead atoms. The number of benzene rings is 2. The van der Waals surface area contributed by atoms with Gasteiger partial charge in [-0.1, -0.05) is 30.3 Å². The molecule has 0 spiro atoms. The fourth-order valence-electron chi connectivity index (χ4n) is 4.35. The second-order valence-corrected chi connectivity index (χ2v) is 7.79. The van der Waals surface area contributed by atoms with E-state index in [1.54, 1.807) is 18.5 Å². The van der Waals surface area contributed by atoms with Crippen molar-refractivity contribution < 1.29 is 14.0 Å². The lowest BCUT2D eigenvalue weighted by molar-refractivity contribution is -0.128. The lowest BCUT2D eigenvalue weighted by atomic mass is 10.1. The Balaban J connectivity index is 1.29. The Morgan fingerprint density at radius 2 is 2.00 bits per heavy atom. The van der Waals surface area contributed by atoms with Crippen LogP contribution in [0.15, 0.2) is 60.9 Å². The molecule has 1 saturated heterocycles. The van der Waals surface area contributed by atoms with Crippen LogP contribution in [0.1, 0.15) is 34.7 Å². The molecule has 2 aliphatic rings. The molecule has 0 radical (unpaired) electrons. The first kappa shape index (κ1) is 17.8. The van der Waals surface area contributed by atoms with Gasteiger partial charge in [0.15, 0.2) is 0 Å². The SMILES string of the molecule is O=C(NC1CC(=O)N(C2CC2c2ccccc2)C1)c1cc(F)cc2ccncc12. The Kier molecular flexibility index (Phi) is 4.27. The van der Waals surface area contributed by atoms with Crippen molar-refractivity contribution in [2.24, 2.45) is 0 Å². The average molecular weight is 389 g/mol. The van der Waals surface area contributed by atoms with Crippen LogP contribution in [0.25, 0.3) is 10.8 Å². The molecule has 2 heterocycles. The number of carbonyl (C=O) groups is 2. The zero-order valence-corrected chi connectivity index (χ0v) is 15.7. The number of aromatic nitrogens is 1. The fourth-order valence-corrected chi connectivity index (χ4v) is 4.35. The molecule has 1 aliphatic carbocycles. The number of hydrogen-bond donors (Lipinski definition) is 1. The molecule has 1 aromatic heterocycles. The normalized spacial score (nSPS) is 23.4. The number of halogens is 1. The minimum Gasteiger partial charge on any atom is -0.347 e. The molecule has 1 N–H and O–H groups in total. The van der Waals surface area contributed by atoms with Gasteiger partial charge in [-0.2, -0.15) is 0 Å². The van der Waals surface area contributed by atoms with Crippen LogP contribution < -0.4 is 5.32 Å². The predicted octanol–water partition coefficient (Wildman–Crippen LogP) is 3.26. The molecule has 3 aromatic rings. The first-order valence-corrected chi connectivity index (χ1v) is 9.78. The molecule has 1 saturated carbocycles. The van der Waals surface area contributed by atoms with Gasteiger partial charge in [-0.3, -0.25) is 14.6 Å². The summed E-state index contributed by atoms with van der Waals surface area (Å²) in [5.41, 5.74) is 1.49. The standard InChI is InChI=1S/C23H20FN3O2/c24-16-8-15-6-7-25-12-20(15)19(9-16)23(29)26-17-10-22(28)27(13-17)21-11-18(21)14-4-2-1-3-5-14/h1-9,12,17-18,21H,10-11,13H2,(H,26,29). The van der Waals surface area contributed by atoms with Crippen LogP contribution in [0.2, 0.25) is 0 Å². The molecule has 2 fully saturated rings. The molecule has 5 nitrogen and oxygen atoms in total. The number of amides is 2. The molecule has 3 unspecified atom stereocenters. The van der Waals surface area contributed by atoms with Crippen molar-refractivity contribution in [2.45, 2.75) is 30.8 Å². The highest BCUT2D eigenvalue weighted by atomic mass is 19.1. The van der Waals surface area contributed by atoms with Crippen LogP contribution in [0.4, 0.5) is 4.39 Å². The van der Waals surface area contributed by atoms with E-state index in [0.29, 0.717) is 23.2 Å². The molecule has 2 amide bonds. The third kappa shape index (κ3) is 3.35. The molecule has 6 heteroatoms. The lowest BCUT2D eigenvalue weighted by Gasteiger charge is -2.18. The van der Waals surface area contributed by atoms with Gasteiger partial charge in [-0.05, 0) is 35.6 Å². The fraction of sp³-hybridized carbons (Fsp3) is 0.261. The summed E-state index contributed by atoms with van der Waals surface area (Å²) in [6, 6.07) is 14.4. The summed E-state index contributed by atoms with van der Waals surface area (Å²) in [6.45, 7) is 0.490. The zero-order valence-electron chi connectivity index (χ0n) is 15.7. The van der Waals surface area contributed by atoms with E-state index in [0.717, 1.165) is 6.42 Å². The molecule has 1 aliphatic heterocycles. The van der Waals surface area contributed by atoms with E-state index in [-0.39, 0.29) is 35.9 Å².